The van der Waals surface area contributed by atoms with Gasteiger partial charge >= 0.3 is 0 Å². The molecule has 1 aromatic heterocycles. The summed E-state index contributed by atoms with van der Waals surface area (Å²) in [6.07, 6.45) is 0. The van der Waals surface area contributed by atoms with Crippen LogP contribution < -0.4 is 5.73 Å². The largest absolute Gasteiger partial charge is 0.322 e. The first-order valence-corrected chi connectivity index (χ1v) is 5.43. The molecular formula is C10H9F2N3S. The van der Waals surface area contributed by atoms with Crippen LogP contribution in [0.1, 0.15) is 18.0 Å². The lowest BCUT2D eigenvalue weighted by molar-refractivity contribution is 0.584. The minimum absolute atomic E-state index is 0.232. The van der Waals surface area contributed by atoms with Gasteiger partial charge in [0.05, 0.1) is 6.04 Å². The molecule has 1 aromatic carbocycles. The van der Waals surface area contributed by atoms with Gasteiger partial charge in [0.1, 0.15) is 21.6 Å². The summed E-state index contributed by atoms with van der Waals surface area (Å²) in [4.78, 5) is 0. The summed E-state index contributed by atoms with van der Waals surface area (Å²) in [6, 6.07) is 3.02. The number of benzene rings is 1. The summed E-state index contributed by atoms with van der Waals surface area (Å²) in [6.45, 7) is 1.77. The van der Waals surface area contributed by atoms with E-state index in [-0.39, 0.29) is 6.04 Å². The van der Waals surface area contributed by atoms with Gasteiger partial charge in [0.2, 0.25) is 0 Å². The van der Waals surface area contributed by atoms with Gasteiger partial charge in [-0.1, -0.05) is 11.3 Å². The van der Waals surface area contributed by atoms with E-state index >= 15 is 0 Å². The Bertz CT molecular complexity index is 490. The third kappa shape index (κ3) is 2.23. The smallest absolute Gasteiger partial charge is 0.148 e. The lowest BCUT2D eigenvalue weighted by Gasteiger charge is -1.97. The molecule has 0 fully saturated rings. The molecule has 0 spiro atoms. The summed E-state index contributed by atoms with van der Waals surface area (Å²) >= 11 is 1.23. The van der Waals surface area contributed by atoms with E-state index in [9.17, 15) is 8.78 Å². The van der Waals surface area contributed by atoms with E-state index in [1.807, 2.05) is 0 Å². The maximum Gasteiger partial charge on any atom is 0.148 e. The predicted molar refractivity (Wildman–Crippen MR) is 57.9 cm³/mol. The van der Waals surface area contributed by atoms with Crippen LogP contribution in [0.3, 0.4) is 0 Å². The third-order valence-electron chi connectivity index (χ3n) is 1.94. The molecule has 2 rings (SSSR count). The normalized spacial score (nSPS) is 12.8. The fourth-order valence-corrected chi connectivity index (χ4v) is 2.00. The SMILES string of the molecule is CC(N)c1nnc(-c2cc(F)cc(F)c2)s1. The van der Waals surface area contributed by atoms with Crippen LogP contribution in [0.25, 0.3) is 10.6 Å². The van der Waals surface area contributed by atoms with Crippen LogP contribution in [-0.2, 0) is 0 Å². The van der Waals surface area contributed by atoms with Crippen molar-refractivity contribution in [2.24, 2.45) is 5.73 Å². The van der Waals surface area contributed by atoms with E-state index in [1.54, 1.807) is 6.92 Å². The molecule has 1 heterocycles. The summed E-state index contributed by atoms with van der Waals surface area (Å²) in [5.74, 6) is -1.26. The van der Waals surface area contributed by atoms with Gasteiger partial charge in [-0.05, 0) is 19.1 Å². The summed E-state index contributed by atoms with van der Waals surface area (Å²) in [7, 11) is 0. The van der Waals surface area contributed by atoms with Gasteiger partial charge in [-0.15, -0.1) is 10.2 Å². The van der Waals surface area contributed by atoms with Gasteiger partial charge in [0, 0.05) is 11.6 Å². The van der Waals surface area contributed by atoms with Crippen LogP contribution in [0.5, 0.6) is 0 Å². The highest BCUT2D eigenvalue weighted by atomic mass is 32.1. The summed E-state index contributed by atoms with van der Waals surface area (Å²) in [5, 5.41) is 8.80. The number of rotatable bonds is 2. The van der Waals surface area contributed by atoms with Crippen LogP contribution in [0.15, 0.2) is 18.2 Å². The van der Waals surface area contributed by atoms with Gasteiger partial charge in [0.15, 0.2) is 0 Å². The van der Waals surface area contributed by atoms with Crippen molar-refractivity contribution in [3.8, 4) is 10.6 Å². The topological polar surface area (TPSA) is 51.8 Å². The molecule has 1 unspecified atom stereocenters. The first-order valence-electron chi connectivity index (χ1n) is 4.61. The van der Waals surface area contributed by atoms with Crippen molar-refractivity contribution in [2.45, 2.75) is 13.0 Å². The van der Waals surface area contributed by atoms with Gasteiger partial charge in [-0.25, -0.2) is 8.78 Å². The summed E-state index contributed by atoms with van der Waals surface area (Å²) < 4.78 is 25.9. The van der Waals surface area contributed by atoms with Gasteiger partial charge < -0.3 is 5.73 Å². The zero-order valence-corrected chi connectivity index (χ0v) is 9.26. The van der Waals surface area contributed by atoms with Crippen LogP contribution in [0, 0.1) is 11.6 Å². The third-order valence-corrected chi connectivity index (χ3v) is 3.11. The molecule has 0 aliphatic carbocycles. The Morgan fingerprint density at radius 3 is 2.31 bits per heavy atom. The molecule has 0 aliphatic heterocycles. The first kappa shape index (κ1) is 11.1. The highest BCUT2D eigenvalue weighted by molar-refractivity contribution is 7.14. The molecule has 0 saturated heterocycles. The van der Waals surface area contributed by atoms with Crippen molar-refractivity contribution in [1.29, 1.82) is 0 Å². The van der Waals surface area contributed by atoms with Gasteiger partial charge in [-0.3, -0.25) is 0 Å². The van der Waals surface area contributed by atoms with Crippen molar-refractivity contribution >= 4 is 11.3 Å². The number of hydrogen-bond donors (Lipinski definition) is 1. The minimum atomic E-state index is -0.632. The Labute approximate surface area is 94.9 Å². The zero-order chi connectivity index (χ0) is 11.7. The Morgan fingerprint density at radius 2 is 1.81 bits per heavy atom. The Morgan fingerprint density at radius 1 is 1.19 bits per heavy atom. The first-order chi connectivity index (χ1) is 7.56. The second-order valence-corrected chi connectivity index (χ2v) is 4.40. The summed E-state index contributed by atoms with van der Waals surface area (Å²) in [5.41, 5.74) is 6.00. The van der Waals surface area contributed by atoms with Crippen LogP contribution in [0.2, 0.25) is 0 Å². The second-order valence-electron chi connectivity index (χ2n) is 3.39. The molecule has 0 bridgehead atoms. The quantitative estimate of drug-likeness (QED) is 0.878. The van der Waals surface area contributed by atoms with Crippen molar-refractivity contribution < 1.29 is 8.78 Å². The van der Waals surface area contributed by atoms with E-state index in [2.05, 4.69) is 10.2 Å². The maximum absolute atomic E-state index is 13.0. The molecule has 84 valence electrons. The molecule has 0 amide bonds. The van der Waals surface area contributed by atoms with E-state index < -0.39 is 11.6 Å². The molecule has 2 N–H and O–H groups in total. The number of nitrogens with zero attached hydrogens (tertiary/aromatic N) is 2. The molecule has 0 radical (unpaired) electrons. The van der Waals surface area contributed by atoms with Crippen LogP contribution in [-0.4, -0.2) is 10.2 Å². The number of halogens is 2. The predicted octanol–water partition coefficient (Wildman–Crippen LogP) is 2.50. The molecule has 0 aliphatic rings. The van der Waals surface area contributed by atoms with Gasteiger partial charge in [-0.2, -0.15) is 0 Å². The molecule has 3 nitrogen and oxygen atoms in total. The van der Waals surface area contributed by atoms with E-state index in [0.29, 0.717) is 15.6 Å². The number of aromatic nitrogens is 2. The highest BCUT2D eigenvalue weighted by Crippen LogP contribution is 2.26. The second kappa shape index (κ2) is 4.23. The molecule has 16 heavy (non-hydrogen) atoms. The molecule has 0 saturated carbocycles. The lowest BCUT2D eigenvalue weighted by atomic mass is 10.2. The number of nitrogens with two attached hydrogens (primary N) is 1. The van der Waals surface area contributed by atoms with Crippen molar-refractivity contribution in [1.82, 2.24) is 10.2 Å². The van der Waals surface area contributed by atoms with Crippen LogP contribution >= 0.6 is 11.3 Å². The molecule has 6 heteroatoms. The van der Waals surface area contributed by atoms with E-state index in [0.717, 1.165) is 6.07 Å². The van der Waals surface area contributed by atoms with Crippen molar-refractivity contribution in [2.75, 3.05) is 0 Å². The zero-order valence-electron chi connectivity index (χ0n) is 8.45. The Hall–Kier alpha value is -1.40. The Balaban J connectivity index is 2.42. The Kier molecular flexibility index (Phi) is 2.93. The fourth-order valence-electron chi connectivity index (χ4n) is 1.21. The van der Waals surface area contributed by atoms with E-state index in [1.165, 1.54) is 23.5 Å². The monoisotopic (exact) mass is 241 g/mol. The van der Waals surface area contributed by atoms with Gasteiger partial charge in [0.25, 0.3) is 0 Å². The highest BCUT2D eigenvalue weighted by Gasteiger charge is 2.11. The average molecular weight is 241 g/mol. The fraction of sp³-hybridized carbons (Fsp3) is 0.200. The minimum Gasteiger partial charge on any atom is -0.322 e. The lowest BCUT2D eigenvalue weighted by Crippen LogP contribution is -2.03. The molecular weight excluding hydrogens is 232 g/mol. The van der Waals surface area contributed by atoms with Crippen LogP contribution in [0.4, 0.5) is 8.78 Å². The van der Waals surface area contributed by atoms with Crippen molar-refractivity contribution in [3.05, 3.63) is 34.8 Å². The van der Waals surface area contributed by atoms with Crippen molar-refractivity contribution in [3.63, 3.8) is 0 Å². The number of hydrogen-bond acceptors (Lipinski definition) is 4. The molecule has 1 atom stereocenters. The average Bonchev–Trinajstić information content (AvgIpc) is 2.64. The van der Waals surface area contributed by atoms with E-state index in [4.69, 9.17) is 5.73 Å². The maximum atomic E-state index is 13.0. The standard InChI is InChI=1S/C10H9F2N3S/c1-5(13)9-14-15-10(16-9)6-2-7(11)4-8(12)3-6/h2-5H,13H2,1H3. The molecule has 2 aromatic rings.